The molecule has 0 spiro atoms. The van der Waals surface area contributed by atoms with Gasteiger partial charge >= 0.3 is 0 Å². The van der Waals surface area contributed by atoms with E-state index in [-0.39, 0.29) is 17.1 Å². The Labute approximate surface area is 79.2 Å². The molecule has 0 aliphatic carbocycles. The van der Waals surface area contributed by atoms with Crippen molar-refractivity contribution >= 4 is 0 Å². The normalized spacial score (nSPS) is 10.4. The van der Waals surface area contributed by atoms with Crippen LogP contribution in [0.3, 0.4) is 0 Å². The maximum absolute atomic E-state index is 11.6. The summed E-state index contributed by atoms with van der Waals surface area (Å²) in [4.78, 5) is 19.4. The quantitative estimate of drug-likeness (QED) is 0.642. The standard InChI is InChI=1S/C8H8N4O2/c1-5-10-7(11-14-5)6-8(13)12(2)4-3-9-6/h3-4H,1-2H3. The van der Waals surface area contributed by atoms with Gasteiger partial charge in [-0.1, -0.05) is 5.16 Å². The molecule has 0 bridgehead atoms. The van der Waals surface area contributed by atoms with Gasteiger partial charge in [-0.25, -0.2) is 4.98 Å². The molecule has 2 aromatic heterocycles. The first-order valence-electron chi connectivity index (χ1n) is 4.01. The smallest absolute Gasteiger partial charge is 0.280 e. The van der Waals surface area contributed by atoms with Crippen molar-refractivity contribution in [1.29, 1.82) is 0 Å². The molecule has 0 aliphatic rings. The van der Waals surface area contributed by atoms with Crippen LogP contribution < -0.4 is 5.56 Å². The number of rotatable bonds is 1. The zero-order chi connectivity index (χ0) is 10.1. The van der Waals surface area contributed by atoms with E-state index in [1.54, 1.807) is 20.2 Å². The number of aryl methyl sites for hydroxylation is 2. The maximum Gasteiger partial charge on any atom is 0.280 e. The van der Waals surface area contributed by atoms with E-state index < -0.39 is 0 Å². The predicted octanol–water partition coefficient (Wildman–Crippen LogP) is 0.139. The zero-order valence-corrected chi connectivity index (χ0v) is 7.76. The average molecular weight is 192 g/mol. The van der Waals surface area contributed by atoms with Crippen LogP contribution in [0.4, 0.5) is 0 Å². The number of nitrogens with zero attached hydrogens (tertiary/aromatic N) is 4. The molecule has 0 unspecified atom stereocenters. The van der Waals surface area contributed by atoms with Gasteiger partial charge in [-0.05, 0) is 0 Å². The van der Waals surface area contributed by atoms with E-state index in [1.165, 1.54) is 10.8 Å². The second kappa shape index (κ2) is 3.06. The van der Waals surface area contributed by atoms with Gasteiger partial charge in [0.15, 0.2) is 5.69 Å². The third kappa shape index (κ3) is 1.30. The maximum atomic E-state index is 11.6. The van der Waals surface area contributed by atoms with E-state index in [4.69, 9.17) is 4.52 Å². The number of aromatic nitrogens is 4. The Bertz CT molecular complexity index is 514. The second-order valence-corrected chi connectivity index (χ2v) is 2.83. The predicted molar refractivity (Wildman–Crippen MR) is 47.5 cm³/mol. The molecule has 0 radical (unpaired) electrons. The molecule has 0 aliphatic heterocycles. The molecule has 0 atom stereocenters. The summed E-state index contributed by atoms with van der Waals surface area (Å²) < 4.78 is 6.18. The Morgan fingerprint density at radius 3 is 2.93 bits per heavy atom. The Morgan fingerprint density at radius 1 is 1.50 bits per heavy atom. The van der Waals surface area contributed by atoms with Crippen LogP contribution in [0, 0.1) is 6.92 Å². The van der Waals surface area contributed by atoms with Gasteiger partial charge in [0.05, 0.1) is 0 Å². The van der Waals surface area contributed by atoms with Crippen molar-refractivity contribution in [2.75, 3.05) is 0 Å². The van der Waals surface area contributed by atoms with Gasteiger partial charge in [0.1, 0.15) is 0 Å². The minimum absolute atomic E-state index is 0.201. The zero-order valence-electron chi connectivity index (χ0n) is 7.76. The lowest BCUT2D eigenvalue weighted by Gasteiger charge is -1.96. The van der Waals surface area contributed by atoms with Crippen LogP contribution >= 0.6 is 0 Å². The molecule has 6 heteroatoms. The first-order chi connectivity index (χ1) is 6.68. The van der Waals surface area contributed by atoms with Crippen molar-refractivity contribution in [3.05, 3.63) is 28.6 Å². The van der Waals surface area contributed by atoms with E-state index in [0.717, 1.165) is 0 Å². The lowest BCUT2D eigenvalue weighted by Crippen LogP contribution is -2.19. The summed E-state index contributed by atoms with van der Waals surface area (Å²) >= 11 is 0. The Hall–Kier alpha value is -1.98. The molecule has 0 amide bonds. The molecule has 0 aromatic carbocycles. The van der Waals surface area contributed by atoms with E-state index in [2.05, 4.69) is 15.1 Å². The molecule has 72 valence electrons. The molecule has 0 N–H and O–H groups in total. The van der Waals surface area contributed by atoms with Gasteiger partial charge in [0, 0.05) is 26.4 Å². The molecular weight excluding hydrogens is 184 g/mol. The first-order valence-corrected chi connectivity index (χ1v) is 4.01. The highest BCUT2D eigenvalue weighted by atomic mass is 16.5. The largest absolute Gasteiger partial charge is 0.339 e. The highest BCUT2D eigenvalue weighted by Gasteiger charge is 2.11. The van der Waals surface area contributed by atoms with Crippen molar-refractivity contribution in [2.24, 2.45) is 7.05 Å². The molecule has 0 saturated carbocycles. The summed E-state index contributed by atoms with van der Waals surface area (Å²) in [5.41, 5.74) is -0.0415. The van der Waals surface area contributed by atoms with E-state index in [9.17, 15) is 4.79 Å². The SMILES string of the molecule is Cc1nc(-c2nccn(C)c2=O)no1. The highest BCUT2D eigenvalue weighted by molar-refractivity contribution is 5.45. The Balaban J connectivity index is 2.63. The fourth-order valence-electron chi connectivity index (χ4n) is 1.05. The van der Waals surface area contributed by atoms with E-state index in [1.807, 2.05) is 0 Å². The first kappa shape index (κ1) is 8.61. The van der Waals surface area contributed by atoms with Crippen LogP contribution in [0.2, 0.25) is 0 Å². The van der Waals surface area contributed by atoms with Crippen molar-refractivity contribution in [3.8, 4) is 11.5 Å². The molecule has 0 saturated heterocycles. The topological polar surface area (TPSA) is 73.8 Å². The fourth-order valence-corrected chi connectivity index (χ4v) is 1.05. The molecule has 0 fully saturated rings. The van der Waals surface area contributed by atoms with Gasteiger partial charge in [-0.15, -0.1) is 0 Å². The van der Waals surface area contributed by atoms with Crippen molar-refractivity contribution in [2.45, 2.75) is 6.92 Å². The minimum atomic E-state index is -0.242. The van der Waals surface area contributed by atoms with E-state index in [0.29, 0.717) is 5.89 Å². The lowest BCUT2D eigenvalue weighted by atomic mass is 10.4. The van der Waals surface area contributed by atoms with Crippen LogP contribution in [-0.2, 0) is 7.05 Å². The summed E-state index contributed by atoms with van der Waals surface area (Å²) in [6.07, 6.45) is 3.08. The summed E-state index contributed by atoms with van der Waals surface area (Å²) in [6, 6.07) is 0. The van der Waals surface area contributed by atoms with Crippen molar-refractivity contribution < 1.29 is 4.52 Å². The molecular formula is C8H8N4O2. The molecule has 6 nitrogen and oxygen atoms in total. The van der Waals surface area contributed by atoms with Crippen LogP contribution in [0.5, 0.6) is 0 Å². The molecule has 2 heterocycles. The lowest BCUT2D eigenvalue weighted by molar-refractivity contribution is 0.394. The van der Waals surface area contributed by atoms with Crippen molar-refractivity contribution in [1.82, 2.24) is 19.7 Å². The monoisotopic (exact) mass is 192 g/mol. The van der Waals surface area contributed by atoms with Crippen LogP contribution in [-0.4, -0.2) is 19.7 Å². The molecule has 2 rings (SSSR count). The summed E-state index contributed by atoms with van der Waals surface area (Å²) in [5, 5.41) is 3.63. The van der Waals surface area contributed by atoms with Crippen LogP contribution in [0.15, 0.2) is 21.7 Å². The van der Waals surface area contributed by atoms with Gasteiger partial charge in [0.2, 0.25) is 11.7 Å². The van der Waals surface area contributed by atoms with Crippen LogP contribution in [0.1, 0.15) is 5.89 Å². The van der Waals surface area contributed by atoms with E-state index >= 15 is 0 Å². The Morgan fingerprint density at radius 2 is 2.29 bits per heavy atom. The van der Waals surface area contributed by atoms with Gasteiger partial charge in [0.25, 0.3) is 5.56 Å². The number of hydrogen-bond donors (Lipinski definition) is 0. The highest BCUT2D eigenvalue weighted by Crippen LogP contribution is 2.06. The second-order valence-electron chi connectivity index (χ2n) is 2.83. The minimum Gasteiger partial charge on any atom is -0.339 e. The van der Waals surface area contributed by atoms with Gasteiger partial charge in [-0.3, -0.25) is 4.79 Å². The van der Waals surface area contributed by atoms with Gasteiger partial charge < -0.3 is 9.09 Å². The molecule has 2 aromatic rings. The summed E-state index contributed by atoms with van der Waals surface area (Å²) in [7, 11) is 1.64. The third-order valence-electron chi connectivity index (χ3n) is 1.76. The molecule has 14 heavy (non-hydrogen) atoms. The Kier molecular flexibility index (Phi) is 1.88. The summed E-state index contributed by atoms with van der Waals surface area (Å²) in [6.45, 7) is 1.66. The fraction of sp³-hybridized carbons (Fsp3) is 0.250. The van der Waals surface area contributed by atoms with Crippen LogP contribution in [0.25, 0.3) is 11.5 Å². The third-order valence-corrected chi connectivity index (χ3v) is 1.76. The van der Waals surface area contributed by atoms with Gasteiger partial charge in [-0.2, -0.15) is 4.98 Å². The average Bonchev–Trinajstić information content (AvgIpc) is 2.57. The number of hydrogen-bond acceptors (Lipinski definition) is 5. The van der Waals surface area contributed by atoms with Crippen molar-refractivity contribution in [3.63, 3.8) is 0 Å². The summed E-state index contributed by atoms with van der Waals surface area (Å²) in [5.74, 6) is 0.636.